The lowest BCUT2D eigenvalue weighted by molar-refractivity contribution is -0.111. The predicted octanol–water partition coefficient (Wildman–Crippen LogP) is 5.91. The summed E-state index contributed by atoms with van der Waals surface area (Å²) in [7, 11) is 0. The summed E-state index contributed by atoms with van der Waals surface area (Å²) >= 11 is 0. The number of amides is 1. The first kappa shape index (κ1) is 20.4. The minimum absolute atomic E-state index is 0.216. The molecular formula is C28H22N4O. The number of benzene rings is 3. The Morgan fingerprint density at radius 2 is 1.55 bits per heavy atom. The fraction of sp³-hybridized carbons (Fsp3) is 0.0357. The number of carbonyl (C=O) groups excluding carboxylic acids is 1. The molecule has 2 heterocycles. The number of nitrogens with one attached hydrogen (secondary N) is 1. The number of hydrogen-bond acceptors (Lipinski definition) is 3. The summed E-state index contributed by atoms with van der Waals surface area (Å²) in [6, 6.07) is 33.1. The van der Waals surface area contributed by atoms with Gasteiger partial charge in [0.25, 0.3) is 5.91 Å². The average Bonchev–Trinajstić information content (AvgIpc) is 3.23. The molecule has 0 unspecified atom stereocenters. The average molecular weight is 431 g/mol. The number of rotatable bonds is 5. The van der Waals surface area contributed by atoms with Crippen LogP contribution in [-0.4, -0.2) is 20.7 Å². The van der Waals surface area contributed by atoms with Crippen LogP contribution in [0.2, 0.25) is 0 Å². The van der Waals surface area contributed by atoms with Gasteiger partial charge in [-0.2, -0.15) is 9.78 Å². The first-order chi connectivity index (χ1) is 16.2. The third-order valence-electron chi connectivity index (χ3n) is 5.31. The molecule has 0 aliphatic heterocycles. The van der Waals surface area contributed by atoms with E-state index in [1.165, 1.54) is 0 Å². The quantitative estimate of drug-likeness (QED) is 0.279. The Balaban J connectivity index is 1.52. The monoisotopic (exact) mass is 430 g/mol. The van der Waals surface area contributed by atoms with Gasteiger partial charge in [-0.05, 0) is 42.3 Å². The molecule has 0 aliphatic carbocycles. The Morgan fingerprint density at radius 1 is 0.848 bits per heavy atom. The number of fused-ring (bicyclic) bond motifs is 1. The maximum atomic E-state index is 13.5. The molecule has 0 spiro atoms. The number of carbonyl (C=O) groups is 1. The van der Waals surface area contributed by atoms with Crippen LogP contribution in [0.3, 0.4) is 0 Å². The van der Waals surface area contributed by atoms with Gasteiger partial charge in [-0.15, -0.1) is 0 Å². The lowest BCUT2D eigenvalue weighted by Gasteiger charge is -2.12. The molecule has 0 atom stereocenters. The van der Waals surface area contributed by atoms with E-state index >= 15 is 0 Å². The number of aromatic nitrogens is 3. The Labute approximate surface area is 192 Å². The third kappa shape index (κ3) is 4.43. The molecule has 0 saturated carbocycles. The number of nitrogens with zero attached hydrogens (tertiary/aromatic N) is 3. The van der Waals surface area contributed by atoms with Gasteiger partial charge in [0.1, 0.15) is 5.82 Å². The first-order valence-electron chi connectivity index (χ1n) is 10.7. The van der Waals surface area contributed by atoms with Gasteiger partial charge in [-0.3, -0.25) is 4.79 Å². The molecule has 2 aromatic heterocycles. The Morgan fingerprint density at radius 3 is 2.33 bits per heavy atom. The summed E-state index contributed by atoms with van der Waals surface area (Å²) in [6.45, 7) is 1.89. The van der Waals surface area contributed by atoms with Crippen molar-refractivity contribution in [2.24, 2.45) is 0 Å². The van der Waals surface area contributed by atoms with Gasteiger partial charge in [0.2, 0.25) is 0 Å². The summed E-state index contributed by atoms with van der Waals surface area (Å²) in [4.78, 5) is 18.2. The lowest BCUT2D eigenvalue weighted by atomic mass is 10.0. The van der Waals surface area contributed by atoms with Gasteiger partial charge in [0.05, 0.1) is 11.2 Å². The SMILES string of the molecule is Cc1cc(NC(=O)/C(=C\c2ccccc2)c2ccccc2)n(-c2ccc3ccccc3n2)n1. The summed E-state index contributed by atoms with van der Waals surface area (Å²) in [6.07, 6.45) is 1.90. The van der Waals surface area contributed by atoms with Crippen LogP contribution in [0.4, 0.5) is 5.82 Å². The highest BCUT2D eigenvalue weighted by Crippen LogP contribution is 2.23. The van der Waals surface area contributed by atoms with E-state index in [0.717, 1.165) is 27.7 Å². The van der Waals surface area contributed by atoms with E-state index in [2.05, 4.69) is 10.4 Å². The van der Waals surface area contributed by atoms with Crippen molar-refractivity contribution in [2.45, 2.75) is 6.92 Å². The van der Waals surface area contributed by atoms with Gasteiger partial charge in [-0.25, -0.2) is 4.98 Å². The van der Waals surface area contributed by atoms with E-state index < -0.39 is 0 Å². The molecule has 0 fully saturated rings. The molecule has 0 bridgehead atoms. The molecule has 1 N–H and O–H groups in total. The normalized spacial score (nSPS) is 11.5. The largest absolute Gasteiger partial charge is 0.306 e. The third-order valence-corrected chi connectivity index (χ3v) is 5.31. The molecule has 5 aromatic rings. The van der Waals surface area contributed by atoms with Gasteiger partial charge in [0, 0.05) is 17.0 Å². The number of aryl methyl sites for hydroxylation is 1. The second-order valence-corrected chi connectivity index (χ2v) is 7.73. The van der Waals surface area contributed by atoms with Crippen molar-refractivity contribution in [3.8, 4) is 5.82 Å². The van der Waals surface area contributed by atoms with E-state index in [1.54, 1.807) is 4.68 Å². The van der Waals surface area contributed by atoms with Crippen LogP contribution in [0, 0.1) is 6.92 Å². The summed E-state index contributed by atoms with van der Waals surface area (Å²) in [5.41, 5.74) is 4.01. The topological polar surface area (TPSA) is 59.8 Å². The van der Waals surface area contributed by atoms with Crippen molar-refractivity contribution in [1.29, 1.82) is 0 Å². The zero-order valence-corrected chi connectivity index (χ0v) is 18.1. The smallest absolute Gasteiger partial charge is 0.257 e. The van der Waals surface area contributed by atoms with Crippen molar-refractivity contribution in [1.82, 2.24) is 14.8 Å². The van der Waals surface area contributed by atoms with Crippen LogP contribution in [0.25, 0.3) is 28.4 Å². The molecule has 160 valence electrons. The summed E-state index contributed by atoms with van der Waals surface area (Å²) < 4.78 is 1.67. The molecule has 3 aromatic carbocycles. The summed E-state index contributed by atoms with van der Waals surface area (Å²) in [5, 5.41) is 8.68. The lowest BCUT2D eigenvalue weighted by Crippen LogP contribution is -2.17. The van der Waals surface area contributed by atoms with E-state index in [4.69, 9.17) is 4.98 Å². The van der Waals surface area contributed by atoms with Crippen LogP contribution in [0.1, 0.15) is 16.8 Å². The maximum absolute atomic E-state index is 13.5. The highest BCUT2D eigenvalue weighted by atomic mass is 16.1. The standard InChI is InChI=1S/C28H22N4O/c1-20-18-27(32(31-20)26-17-16-23-14-8-9-15-25(23)29-26)30-28(33)24(22-12-6-3-7-13-22)19-21-10-4-2-5-11-21/h2-19H,1H3,(H,30,33)/b24-19-. The predicted molar refractivity (Wildman–Crippen MR) is 133 cm³/mol. The van der Waals surface area contributed by atoms with Gasteiger partial charge in [-0.1, -0.05) is 78.9 Å². The van der Waals surface area contributed by atoms with Gasteiger partial charge < -0.3 is 5.32 Å². The second kappa shape index (κ2) is 8.93. The number of hydrogen-bond donors (Lipinski definition) is 1. The second-order valence-electron chi connectivity index (χ2n) is 7.73. The highest BCUT2D eigenvalue weighted by molar-refractivity contribution is 6.29. The maximum Gasteiger partial charge on any atom is 0.257 e. The van der Waals surface area contributed by atoms with Crippen molar-refractivity contribution >= 4 is 34.3 Å². The fourth-order valence-electron chi connectivity index (χ4n) is 3.73. The van der Waals surface area contributed by atoms with Crippen LogP contribution in [0.5, 0.6) is 0 Å². The van der Waals surface area contributed by atoms with Crippen LogP contribution in [-0.2, 0) is 4.79 Å². The molecule has 1 amide bonds. The number of para-hydroxylation sites is 1. The van der Waals surface area contributed by atoms with Crippen LogP contribution in [0.15, 0.2) is 103 Å². The molecular weight excluding hydrogens is 408 g/mol. The van der Waals surface area contributed by atoms with E-state index in [0.29, 0.717) is 17.2 Å². The molecule has 5 nitrogen and oxygen atoms in total. The van der Waals surface area contributed by atoms with Gasteiger partial charge in [0.15, 0.2) is 5.82 Å². The van der Waals surface area contributed by atoms with E-state index in [1.807, 2.05) is 116 Å². The zero-order valence-electron chi connectivity index (χ0n) is 18.1. The molecule has 0 aliphatic rings. The molecule has 5 heteroatoms. The molecule has 5 rings (SSSR count). The minimum Gasteiger partial charge on any atom is -0.306 e. The number of pyridine rings is 1. The van der Waals surface area contributed by atoms with Crippen molar-refractivity contribution in [3.05, 3.63) is 120 Å². The van der Waals surface area contributed by atoms with E-state index in [-0.39, 0.29) is 5.91 Å². The minimum atomic E-state index is -0.216. The van der Waals surface area contributed by atoms with Crippen LogP contribution < -0.4 is 5.32 Å². The Kier molecular flexibility index (Phi) is 5.52. The first-order valence-corrected chi connectivity index (χ1v) is 10.7. The summed E-state index contributed by atoms with van der Waals surface area (Å²) in [5.74, 6) is 0.993. The van der Waals surface area contributed by atoms with Crippen molar-refractivity contribution in [2.75, 3.05) is 5.32 Å². The molecule has 33 heavy (non-hydrogen) atoms. The van der Waals surface area contributed by atoms with E-state index in [9.17, 15) is 4.79 Å². The van der Waals surface area contributed by atoms with Gasteiger partial charge >= 0.3 is 0 Å². The molecule has 0 saturated heterocycles. The number of anilines is 1. The van der Waals surface area contributed by atoms with Crippen molar-refractivity contribution in [3.63, 3.8) is 0 Å². The fourth-order valence-corrected chi connectivity index (χ4v) is 3.73. The Hall–Kier alpha value is -4.51. The molecule has 0 radical (unpaired) electrons. The highest BCUT2D eigenvalue weighted by Gasteiger charge is 2.17. The zero-order chi connectivity index (χ0) is 22.6. The van der Waals surface area contributed by atoms with Crippen LogP contribution >= 0.6 is 0 Å². The Bertz CT molecular complexity index is 1450. The van der Waals surface area contributed by atoms with Crippen molar-refractivity contribution < 1.29 is 4.79 Å².